The van der Waals surface area contributed by atoms with Crippen molar-refractivity contribution in [1.29, 1.82) is 0 Å². The van der Waals surface area contributed by atoms with Gasteiger partial charge in [-0.15, -0.1) is 0 Å². The first-order valence-electron chi connectivity index (χ1n) is 7.40. The Kier molecular flexibility index (Phi) is 4.63. The predicted molar refractivity (Wildman–Crippen MR) is 83.2 cm³/mol. The zero-order chi connectivity index (χ0) is 15.5. The van der Waals surface area contributed by atoms with Crippen LogP contribution in [0.3, 0.4) is 0 Å². The highest BCUT2D eigenvalue weighted by atomic mass is 16.2. The van der Waals surface area contributed by atoms with Crippen molar-refractivity contribution in [3.63, 3.8) is 0 Å². The van der Waals surface area contributed by atoms with Gasteiger partial charge in [0.2, 0.25) is 5.91 Å². The molecule has 21 heavy (non-hydrogen) atoms. The monoisotopic (exact) mass is 289 g/mol. The summed E-state index contributed by atoms with van der Waals surface area (Å²) in [6.07, 6.45) is 4.54. The van der Waals surface area contributed by atoms with Crippen molar-refractivity contribution in [1.82, 2.24) is 5.32 Å². The molecule has 2 rings (SSSR count). The van der Waals surface area contributed by atoms with Crippen LogP contribution in [0, 0.1) is 6.92 Å². The van der Waals surface area contributed by atoms with Crippen molar-refractivity contribution in [2.45, 2.75) is 44.6 Å². The van der Waals surface area contributed by atoms with Crippen molar-refractivity contribution >= 4 is 17.5 Å². The van der Waals surface area contributed by atoms with E-state index < -0.39 is 5.54 Å². The summed E-state index contributed by atoms with van der Waals surface area (Å²) in [4.78, 5) is 24.2. The number of carbonyl (C=O) groups is 2. The van der Waals surface area contributed by atoms with Gasteiger partial charge in [0, 0.05) is 18.3 Å². The molecule has 0 radical (unpaired) electrons. The average Bonchev–Trinajstić information content (AvgIpc) is 2.49. The summed E-state index contributed by atoms with van der Waals surface area (Å²) in [5, 5.41) is 5.49. The van der Waals surface area contributed by atoms with Crippen LogP contribution in [0.25, 0.3) is 0 Å². The molecule has 0 spiro atoms. The second-order valence-corrected chi connectivity index (χ2v) is 5.73. The molecule has 0 atom stereocenters. The number of benzene rings is 1. The fourth-order valence-corrected chi connectivity index (χ4v) is 2.81. The number of nitrogens with two attached hydrogens (primary N) is 1. The number of amides is 2. The Morgan fingerprint density at radius 3 is 2.48 bits per heavy atom. The number of hydrogen-bond acceptors (Lipinski definition) is 3. The molecule has 1 aliphatic rings. The lowest BCUT2D eigenvalue weighted by molar-refractivity contribution is -0.122. The van der Waals surface area contributed by atoms with Crippen LogP contribution in [0.4, 0.5) is 5.69 Å². The van der Waals surface area contributed by atoms with Gasteiger partial charge in [-0.3, -0.25) is 9.59 Å². The second-order valence-electron chi connectivity index (χ2n) is 5.73. The van der Waals surface area contributed by atoms with Crippen LogP contribution >= 0.6 is 0 Å². The normalized spacial score (nSPS) is 17.1. The van der Waals surface area contributed by atoms with E-state index in [4.69, 9.17) is 5.73 Å². The summed E-state index contributed by atoms with van der Waals surface area (Å²) in [6.45, 7) is 1.82. The molecule has 1 aromatic rings. The average molecular weight is 289 g/mol. The molecule has 0 unspecified atom stereocenters. The van der Waals surface area contributed by atoms with Gasteiger partial charge in [0.05, 0.1) is 5.54 Å². The highest BCUT2D eigenvalue weighted by Gasteiger charge is 2.35. The van der Waals surface area contributed by atoms with Gasteiger partial charge >= 0.3 is 0 Å². The molecule has 0 saturated heterocycles. The van der Waals surface area contributed by atoms with Crippen LogP contribution in [0.5, 0.6) is 0 Å². The Balaban J connectivity index is 2.19. The number of hydrogen-bond donors (Lipinski definition) is 3. The fourth-order valence-electron chi connectivity index (χ4n) is 2.81. The Morgan fingerprint density at radius 2 is 1.86 bits per heavy atom. The zero-order valence-corrected chi connectivity index (χ0v) is 12.7. The maximum absolute atomic E-state index is 12.5. The Morgan fingerprint density at radius 1 is 1.19 bits per heavy atom. The maximum Gasteiger partial charge on any atom is 0.251 e. The molecule has 0 bridgehead atoms. The molecule has 2 amide bonds. The molecule has 4 N–H and O–H groups in total. The van der Waals surface area contributed by atoms with Gasteiger partial charge in [-0.2, -0.15) is 0 Å². The molecule has 1 fully saturated rings. The van der Waals surface area contributed by atoms with Gasteiger partial charge < -0.3 is 16.4 Å². The molecule has 0 heterocycles. The molecule has 0 aromatic heterocycles. The van der Waals surface area contributed by atoms with Crippen molar-refractivity contribution in [3.05, 3.63) is 29.3 Å². The largest absolute Gasteiger partial charge is 0.355 e. The van der Waals surface area contributed by atoms with Crippen LogP contribution in [0.2, 0.25) is 0 Å². The third-order valence-electron chi connectivity index (χ3n) is 4.25. The summed E-state index contributed by atoms with van der Waals surface area (Å²) in [5.41, 5.74) is 7.41. The van der Waals surface area contributed by atoms with E-state index in [-0.39, 0.29) is 11.8 Å². The highest BCUT2D eigenvalue weighted by Crippen LogP contribution is 2.28. The Bertz CT molecular complexity index is 548. The lowest BCUT2D eigenvalue weighted by atomic mass is 9.82. The molecule has 114 valence electrons. The summed E-state index contributed by atoms with van der Waals surface area (Å²) >= 11 is 0. The molecule has 5 heteroatoms. The van der Waals surface area contributed by atoms with Crippen molar-refractivity contribution in [2.24, 2.45) is 5.73 Å². The minimum Gasteiger partial charge on any atom is -0.355 e. The van der Waals surface area contributed by atoms with Crippen molar-refractivity contribution in [3.8, 4) is 0 Å². The Hall–Kier alpha value is -1.88. The van der Waals surface area contributed by atoms with Crippen LogP contribution in [0.1, 0.15) is 48.0 Å². The van der Waals surface area contributed by atoms with Crippen molar-refractivity contribution in [2.75, 3.05) is 12.4 Å². The Labute approximate surface area is 125 Å². The summed E-state index contributed by atoms with van der Waals surface area (Å²) < 4.78 is 0. The van der Waals surface area contributed by atoms with Crippen molar-refractivity contribution < 1.29 is 9.59 Å². The third-order valence-corrected chi connectivity index (χ3v) is 4.25. The summed E-state index contributed by atoms with van der Waals surface area (Å²) in [6, 6.07) is 5.30. The predicted octanol–water partition coefficient (Wildman–Crippen LogP) is 1.95. The van der Waals surface area contributed by atoms with Gasteiger partial charge in [0.1, 0.15) is 0 Å². The van der Waals surface area contributed by atoms with Gasteiger partial charge in [-0.1, -0.05) is 25.3 Å². The van der Waals surface area contributed by atoms with Gasteiger partial charge in [0.25, 0.3) is 5.91 Å². The van der Waals surface area contributed by atoms with E-state index >= 15 is 0 Å². The molecule has 5 nitrogen and oxygen atoms in total. The van der Waals surface area contributed by atoms with Gasteiger partial charge in [0.15, 0.2) is 0 Å². The van der Waals surface area contributed by atoms with E-state index in [0.717, 1.165) is 24.8 Å². The second kappa shape index (κ2) is 6.26. The van der Waals surface area contributed by atoms with E-state index in [2.05, 4.69) is 10.6 Å². The van der Waals surface area contributed by atoms with Crippen LogP contribution in [-0.2, 0) is 4.79 Å². The molecular formula is C16H23N3O2. The lowest BCUT2D eigenvalue weighted by Crippen LogP contribution is -2.52. The topological polar surface area (TPSA) is 84.2 Å². The first kappa shape index (κ1) is 15.5. The number of nitrogens with one attached hydrogen (secondary N) is 2. The fraction of sp³-hybridized carbons (Fsp3) is 0.500. The van der Waals surface area contributed by atoms with Crippen LogP contribution in [-0.4, -0.2) is 24.4 Å². The van der Waals surface area contributed by atoms with E-state index in [9.17, 15) is 9.59 Å². The molecular weight excluding hydrogens is 266 g/mol. The van der Waals surface area contributed by atoms with Crippen LogP contribution in [0.15, 0.2) is 18.2 Å². The minimum atomic E-state index is -0.784. The minimum absolute atomic E-state index is 0.153. The zero-order valence-electron chi connectivity index (χ0n) is 12.7. The number of carbonyl (C=O) groups excluding carboxylic acids is 2. The lowest BCUT2D eigenvalue weighted by Gasteiger charge is -2.32. The first-order valence-corrected chi connectivity index (χ1v) is 7.40. The summed E-state index contributed by atoms with van der Waals surface area (Å²) in [5.74, 6) is -0.317. The SMILES string of the molecule is CNC(=O)c1cccc(NC(=O)C2(N)CCCCC2)c1C. The quantitative estimate of drug-likeness (QED) is 0.795. The summed E-state index contributed by atoms with van der Waals surface area (Å²) in [7, 11) is 1.59. The maximum atomic E-state index is 12.5. The smallest absolute Gasteiger partial charge is 0.251 e. The van der Waals surface area contributed by atoms with Gasteiger partial charge in [-0.25, -0.2) is 0 Å². The number of anilines is 1. The highest BCUT2D eigenvalue weighted by molar-refractivity contribution is 6.01. The third kappa shape index (κ3) is 3.24. The van der Waals surface area contributed by atoms with E-state index in [1.54, 1.807) is 25.2 Å². The van der Waals surface area contributed by atoms with Gasteiger partial charge in [-0.05, 0) is 37.5 Å². The molecule has 1 aromatic carbocycles. The number of rotatable bonds is 3. The molecule has 0 aliphatic heterocycles. The van der Waals surface area contributed by atoms with Crippen LogP contribution < -0.4 is 16.4 Å². The molecule has 1 saturated carbocycles. The first-order chi connectivity index (χ1) is 9.98. The van der Waals surface area contributed by atoms with E-state index in [1.165, 1.54) is 0 Å². The van der Waals surface area contributed by atoms with E-state index in [0.29, 0.717) is 24.1 Å². The molecule has 1 aliphatic carbocycles. The standard InChI is InChI=1S/C16H23N3O2/c1-11-12(14(20)18-2)7-6-8-13(11)19-15(21)16(17)9-4-3-5-10-16/h6-8H,3-5,9-10,17H2,1-2H3,(H,18,20)(H,19,21). The van der Waals surface area contributed by atoms with E-state index in [1.807, 2.05) is 6.92 Å².